The van der Waals surface area contributed by atoms with Crippen LogP contribution in [0.25, 0.3) is 0 Å². The molecule has 11 nitrogen and oxygen atoms in total. The molecule has 0 amide bonds. The molecule has 0 aliphatic rings. The Morgan fingerprint density at radius 2 is 1.31 bits per heavy atom. The van der Waals surface area contributed by atoms with Crippen LogP contribution >= 0.6 is 7.82 Å². The molecular formula is C23H44NO10P. The van der Waals surface area contributed by atoms with E-state index < -0.39 is 51.1 Å². The van der Waals surface area contributed by atoms with Gasteiger partial charge in [0.2, 0.25) is 0 Å². The highest BCUT2D eigenvalue weighted by molar-refractivity contribution is 7.47. The number of carbonyl (C=O) groups excluding carboxylic acids is 2. The first-order chi connectivity index (χ1) is 16.6. The zero-order chi connectivity index (χ0) is 26.5. The molecule has 0 aromatic rings. The third kappa shape index (κ3) is 20.4. The molecule has 0 spiro atoms. The molecule has 0 bridgehead atoms. The van der Waals surface area contributed by atoms with Crippen LogP contribution in [0.2, 0.25) is 0 Å². The van der Waals surface area contributed by atoms with Crippen molar-refractivity contribution in [1.82, 2.24) is 0 Å². The summed E-state index contributed by atoms with van der Waals surface area (Å²) in [5.74, 6) is -2.45. The first-order valence-corrected chi connectivity index (χ1v) is 14.1. The predicted molar refractivity (Wildman–Crippen MR) is 130 cm³/mol. The van der Waals surface area contributed by atoms with Gasteiger partial charge in [-0.2, -0.15) is 0 Å². The number of carboxylic acids is 1. The summed E-state index contributed by atoms with van der Waals surface area (Å²) in [5, 5.41) is 8.71. The molecule has 0 heterocycles. The van der Waals surface area contributed by atoms with Gasteiger partial charge in [0.05, 0.1) is 13.2 Å². The molecule has 0 radical (unpaired) electrons. The standard InChI is InChI=1S/C23H44NO10P/c1-3-5-6-7-8-9-10-11-12-13-15-22(26)34-19(16-31-21(25)14-4-2)17-32-35(29,30)33-18-20(24)23(27)28/h19-20H,3-18,24H2,1-2H3,(H,27,28)(H,29,30). The summed E-state index contributed by atoms with van der Waals surface area (Å²) in [6.45, 7) is 2.31. The molecule has 0 saturated carbocycles. The van der Waals surface area contributed by atoms with Crippen LogP contribution in [0.15, 0.2) is 0 Å². The second-order valence-corrected chi connectivity index (χ2v) is 9.94. The highest BCUT2D eigenvalue weighted by atomic mass is 31.2. The van der Waals surface area contributed by atoms with Gasteiger partial charge in [-0.25, -0.2) is 4.57 Å². The lowest BCUT2D eigenvalue weighted by molar-refractivity contribution is -0.161. The molecule has 4 N–H and O–H groups in total. The van der Waals surface area contributed by atoms with E-state index in [4.69, 9.17) is 24.8 Å². The maximum atomic E-state index is 12.2. The molecule has 0 aromatic heterocycles. The van der Waals surface area contributed by atoms with Crippen LogP contribution in [-0.4, -0.2) is 59.9 Å². The molecule has 0 aromatic carbocycles. The lowest BCUT2D eigenvalue weighted by Crippen LogP contribution is -2.34. The van der Waals surface area contributed by atoms with Crippen molar-refractivity contribution in [3.8, 4) is 0 Å². The van der Waals surface area contributed by atoms with Crippen molar-refractivity contribution in [2.45, 2.75) is 109 Å². The highest BCUT2D eigenvalue weighted by Crippen LogP contribution is 2.43. The fourth-order valence-electron chi connectivity index (χ4n) is 3.04. The van der Waals surface area contributed by atoms with Gasteiger partial charge in [-0.3, -0.25) is 23.4 Å². The molecule has 0 rings (SSSR count). The summed E-state index contributed by atoms with van der Waals surface area (Å²) in [6.07, 6.45) is 11.0. The van der Waals surface area contributed by atoms with Crippen molar-refractivity contribution in [1.29, 1.82) is 0 Å². The van der Waals surface area contributed by atoms with Crippen molar-refractivity contribution < 1.29 is 47.5 Å². The third-order valence-corrected chi connectivity index (χ3v) is 6.03. The van der Waals surface area contributed by atoms with E-state index in [1.54, 1.807) is 6.92 Å². The van der Waals surface area contributed by atoms with Gasteiger partial charge < -0.3 is 25.2 Å². The SMILES string of the molecule is CCCCCCCCCCCCC(=O)OC(COC(=O)CCC)COP(=O)(O)OCC(N)C(=O)O. The average Bonchev–Trinajstić information content (AvgIpc) is 2.80. The van der Waals surface area contributed by atoms with Gasteiger partial charge in [0.1, 0.15) is 12.6 Å². The number of carbonyl (C=O) groups is 3. The topological polar surface area (TPSA) is 172 Å². The molecule has 3 unspecified atom stereocenters. The number of rotatable bonds is 23. The number of nitrogens with two attached hydrogens (primary N) is 1. The van der Waals surface area contributed by atoms with Crippen molar-refractivity contribution in [3.63, 3.8) is 0 Å². The summed E-state index contributed by atoms with van der Waals surface area (Å²) in [5.41, 5.74) is 5.23. The zero-order valence-electron chi connectivity index (χ0n) is 21.2. The number of aliphatic carboxylic acids is 1. The fraction of sp³-hybridized carbons (Fsp3) is 0.870. The number of unbranched alkanes of at least 4 members (excludes halogenated alkanes) is 9. The maximum Gasteiger partial charge on any atom is 0.472 e. The molecule has 206 valence electrons. The Morgan fingerprint density at radius 1 is 0.771 bits per heavy atom. The largest absolute Gasteiger partial charge is 0.480 e. The van der Waals surface area contributed by atoms with E-state index in [9.17, 15) is 23.8 Å². The summed E-state index contributed by atoms with van der Waals surface area (Å²) in [7, 11) is -4.66. The van der Waals surface area contributed by atoms with E-state index >= 15 is 0 Å². The van der Waals surface area contributed by atoms with E-state index in [-0.39, 0.29) is 19.4 Å². The first-order valence-electron chi connectivity index (χ1n) is 12.6. The fourth-order valence-corrected chi connectivity index (χ4v) is 3.82. The molecule has 0 saturated heterocycles. The zero-order valence-corrected chi connectivity index (χ0v) is 22.0. The van der Waals surface area contributed by atoms with Gasteiger partial charge in [-0.1, -0.05) is 71.6 Å². The molecule has 0 aliphatic heterocycles. The van der Waals surface area contributed by atoms with Crippen LogP contribution in [0.4, 0.5) is 0 Å². The molecule has 0 fully saturated rings. The number of phosphoric ester groups is 1. The summed E-state index contributed by atoms with van der Waals surface area (Å²) in [6, 6.07) is -1.51. The van der Waals surface area contributed by atoms with Crippen LogP contribution in [0, 0.1) is 0 Å². The average molecular weight is 526 g/mol. The number of hydrogen-bond donors (Lipinski definition) is 3. The Balaban J connectivity index is 4.42. The molecular weight excluding hydrogens is 481 g/mol. The second kappa shape index (κ2) is 20.7. The van der Waals surface area contributed by atoms with Gasteiger partial charge in [0, 0.05) is 12.8 Å². The van der Waals surface area contributed by atoms with E-state index in [2.05, 4.69) is 11.4 Å². The van der Waals surface area contributed by atoms with Crippen LogP contribution in [0.3, 0.4) is 0 Å². The number of phosphoric acid groups is 1. The van der Waals surface area contributed by atoms with Crippen molar-refractivity contribution in [3.05, 3.63) is 0 Å². The van der Waals surface area contributed by atoms with Gasteiger partial charge in [0.15, 0.2) is 6.10 Å². The van der Waals surface area contributed by atoms with E-state index in [1.807, 2.05) is 0 Å². The molecule has 0 aliphatic carbocycles. The van der Waals surface area contributed by atoms with E-state index in [0.717, 1.165) is 19.3 Å². The Bertz CT molecular complexity index is 646. The normalized spacial score (nSPS) is 14.6. The van der Waals surface area contributed by atoms with E-state index in [0.29, 0.717) is 12.8 Å². The van der Waals surface area contributed by atoms with Gasteiger partial charge in [-0.05, 0) is 12.8 Å². The Kier molecular flexibility index (Phi) is 19.8. The van der Waals surface area contributed by atoms with Gasteiger partial charge >= 0.3 is 25.7 Å². The second-order valence-electron chi connectivity index (χ2n) is 8.48. The molecule has 35 heavy (non-hydrogen) atoms. The lowest BCUT2D eigenvalue weighted by atomic mass is 10.1. The minimum atomic E-state index is -4.66. The highest BCUT2D eigenvalue weighted by Gasteiger charge is 2.28. The van der Waals surface area contributed by atoms with Crippen molar-refractivity contribution in [2.75, 3.05) is 19.8 Å². The van der Waals surface area contributed by atoms with Gasteiger partial charge in [-0.15, -0.1) is 0 Å². The number of ether oxygens (including phenoxy) is 2. The summed E-state index contributed by atoms with van der Waals surface area (Å²) >= 11 is 0. The Labute approximate surface area is 208 Å². The number of carboxylic acid groups (broad SMARTS) is 1. The summed E-state index contributed by atoms with van der Waals surface area (Å²) < 4.78 is 31.6. The van der Waals surface area contributed by atoms with Gasteiger partial charge in [0.25, 0.3) is 0 Å². The molecule has 3 atom stereocenters. The monoisotopic (exact) mass is 525 g/mol. The predicted octanol–water partition coefficient (Wildman–Crippen LogP) is 4.10. The van der Waals surface area contributed by atoms with Crippen LogP contribution in [0.1, 0.15) is 97.3 Å². The summed E-state index contributed by atoms with van der Waals surface area (Å²) in [4.78, 5) is 44.3. The Hall–Kier alpha value is -1.52. The maximum absolute atomic E-state index is 12.2. The smallest absolute Gasteiger partial charge is 0.472 e. The minimum Gasteiger partial charge on any atom is -0.480 e. The number of hydrogen-bond acceptors (Lipinski definition) is 9. The minimum absolute atomic E-state index is 0.163. The molecule has 12 heteroatoms. The van der Waals surface area contributed by atoms with Crippen LogP contribution in [0.5, 0.6) is 0 Å². The van der Waals surface area contributed by atoms with Crippen molar-refractivity contribution in [2.24, 2.45) is 5.73 Å². The van der Waals surface area contributed by atoms with Crippen LogP contribution in [-0.2, 0) is 37.5 Å². The van der Waals surface area contributed by atoms with E-state index in [1.165, 1.54) is 38.5 Å². The van der Waals surface area contributed by atoms with Crippen LogP contribution < -0.4 is 5.73 Å². The van der Waals surface area contributed by atoms with Crippen molar-refractivity contribution >= 4 is 25.7 Å². The third-order valence-electron chi connectivity index (χ3n) is 5.07. The first kappa shape index (κ1) is 33.5. The Morgan fingerprint density at radius 3 is 1.86 bits per heavy atom. The lowest BCUT2D eigenvalue weighted by Gasteiger charge is -2.20. The number of esters is 2. The quantitative estimate of drug-likeness (QED) is 0.0996.